The first kappa shape index (κ1) is 10.1. The Bertz CT molecular complexity index is 474. The summed E-state index contributed by atoms with van der Waals surface area (Å²) in [6.07, 6.45) is 2.52. The van der Waals surface area contributed by atoms with E-state index in [1.165, 1.54) is 0 Å². The Hall–Kier alpha value is -1.48. The Morgan fingerprint density at radius 1 is 1.47 bits per heavy atom. The largest absolute Gasteiger partial charge is 0.496 e. The highest BCUT2D eigenvalue weighted by atomic mass is 16.5. The van der Waals surface area contributed by atoms with Gasteiger partial charge in [-0.3, -0.25) is 0 Å². The number of nitrogens with two attached hydrogens (primary N) is 1. The average molecular weight is 205 g/mol. The number of rotatable bonds is 3. The van der Waals surface area contributed by atoms with Crippen molar-refractivity contribution in [1.82, 2.24) is 0 Å². The van der Waals surface area contributed by atoms with Crippen molar-refractivity contribution in [1.29, 1.82) is 0 Å². The molecule has 0 saturated carbocycles. The van der Waals surface area contributed by atoms with E-state index in [-0.39, 0.29) is 0 Å². The van der Waals surface area contributed by atoms with Crippen molar-refractivity contribution in [2.75, 3.05) is 13.7 Å². The van der Waals surface area contributed by atoms with Crippen LogP contribution in [0.3, 0.4) is 0 Å². The summed E-state index contributed by atoms with van der Waals surface area (Å²) >= 11 is 0. The Balaban J connectivity index is 2.69. The molecule has 2 aromatic rings. The van der Waals surface area contributed by atoms with Gasteiger partial charge in [0, 0.05) is 0 Å². The van der Waals surface area contributed by atoms with Gasteiger partial charge in [0.2, 0.25) is 0 Å². The number of fused-ring (bicyclic) bond motifs is 1. The first-order chi connectivity index (χ1) is 7.27. The fraction of sp³-hybridized carbons (Fsp3) is 0.333. The van der Waals surface area contributed by atoms with Gasteiger partial charge < -0.3 is 14.9 Å². The lowest BCUT2D eigenvalue weighted by Gasteiger charge is -2.08. The van der Waals surface area contributed by atoms with Crippen LogP contribution in [-0.2, 0) is 6.42 Å². The summed E-state index contributed by atoms with van der Waals surface area (Å²) in [7, 11) is 1.68. The van der Waals surface area contributed by atoms with Crippen LogP contribution in [0.5, 0.6) is 5.75 Å². The van der Waals surface area contributed by atoms with Gasteiger partial charge in [0.25, 0.3) is 0 Å². The predicted molar refractivity (Wildman–Crippen MR) is 60.3 cm³/mol. The maximum absolute atomic E-state index is 5.57. The van der Waals surface area contributed by atoms with Crippen LogP contribution in [0.15, 0.2) is 22.8 Å². The molecule has 15 heavy (non-hydrogen) atoms. The third kappa shape index (κ3) is 1.59. The van der Waals surface area contributed by atoms with Gasteiger partial charge >= 0.3 is 0 Å². The van der Waals surface area contributed by atoms with Crippen molar-refractivity contribution in [3.63, 3.8) is 0 Å². The minimum atomic E-state index is 0.627. The molecule has 0 saturated heterocycles. The van der Waals surface area contributed by atoms with Crippen molar-refractivity contribution in [2.45, 2.75) is 13.3 Å². The molecule has 1 heterocycles. The fourth-order valence-corrected chi connectivity index (χ4v) is 1.95. The van der Waals surface area contributed by atoms with Crippen molar-refractivity contribution in [3.8, 4) is 5.75 Å². The van der Waals surface area contributed by atoms with Crippen LogP contribution in [0.25, 0.3) is 11.0 Å². The molecule has 0 bridgehead atoms. The molecule has 80 valence electrons. The molecule has 2 N–H and O–H groups in total. The molecule has 3 nitrogen and oxygen atoms in total. The number of methoxy groups -OCH3 is 1. The standard InChI is InChI=1S/C12H15NO2/c1-8-7-9(3-5-13)12-10(4-6-15-12)11(8)14-2/h4,6-7H,3,5,13H2,1-2H3. The van der Waals surface area contributed by atoms with Crippen LogP contribution in [0, 0.1) is 6.92 Å². The van der Waals surface area contributed by atoms with E-state index in [0.29, 0.717) is 6.54 Å². The van der Waals surface area contributed by atoms with E-state index in [4.69, 9.17) is 14.9 Å². The first-order valence-corrected chi connectivity index (χ1v) is 5.01. The number of hydrogen-bond acceptors (Lipinski definition) is 3. The van der Waals surface area contributed by atoms with E-state index < -0.39 is 0 Å². The zero-order valence-corrected chi connectivity index (χ0v) is 9.04. The van der Waals surface area contributed by atoms with E-state index in [1.807, 2.05) is 13.0 Å². The second-order valence-electron chi connectivity index (χ2n) is 3.59. The SMILES string of the molecule is COc1c(C)cc(CCN)c2occc12. The lowest BCUT2D eigenvalue weighted by atomic mass is 10.0. The summed E-state index contributed by atoms with van der Waals surface area (Å²) in [6.45, 7) is 2.66. The van der Waals surface area contributed by atoms with Crippen LogP contribution < -0.4 is 10.5 Å². The lowest BCUT2D eigenvalue weighted by molar-refractivity contribution is 0.416. The summed E-state index contributed by atoms with van der Waals surface area (Å²) in [5, 5.41) is 1.03. The molecular formula is C12H15NO2. The van der Waals surface area contributed by atoms with Gasteiger partial charge in [0.15, 0.2) is 0 Å². The Morgan fingerprint density at radius 2 is 2.27 bits per heavy atom. The number of benzene rings is 1. The molecule has 0 fully saturated rings. The second kappa shape index (κ2) is 3.95. The van der Waals surface area contributed by atoms with Crippen molar-refractivity contribution in [2.24, 2.45) is 5.73 Å². The molecule has 2 rings (SSSR count). The average Bonchev–Trinajstić information content (AvgIpc) is 2.67. The molecule has 1 aromatic carbocycles. The molecule has 0 unspecified atom stereocenters. The second-order valence-corrected chi connectivity index (χ2v) is 3.59. The van der Waals surface area contributed by atoms with E-state index in [0.717, 1.165) is 34.3 Å². The van der Waals surface area contributed by atoms with Crippen LogP contribution >= 0.6 is 0 Å². The Labute approximate surface area is 88.8 Å². The van der Waals surface area contributed by atoms with Crippen LogP contribution in [0.4, 0.5) is 0 Å². The quantitative estimate of drug-likeness (QED) is 0.836. The first-order valence-electron chi connectivity index (χ1n) is 5.01. The lowest BCUT2D eigenvalue weighted by Crippen LogP contribution is -2.03. The van der Waals surface area contributed by atoms with Gasteiger partial charge in [0.1, 0.15) is 11.3 Å². The highest BCUT2D eigenvalue weighted by molar-refractivity contribution is 5.88. The topological polar surface area (TPSA) is 48.4 Å². The minimum Gasteiger partial charge on any atom is -0.496 e. The third-order valence-electron chi connectivity index (χ3n) is 2.57. The smallest absolute Gasteiger partial charge is 0.140 e. The van der Waals surface area contributed by atoms with Crippen molar-refractivity contribution in [3.05, 3.63) is 29.5 Å². The molecule has 0 aliphatic carbocycles. The molecular weight excluding hydrogens is 190 g/mol. The highest BCUT2D eigenvalue weighted by Crippen LogP contribution is 2.33. The maximum Gasteiger partial charge on any atom is 0.140 e. The summed E-state index contributed by atoms with van der Waals surface area (Å²) in [5.74, 6) is 0.888. The van der Waals surface area contributed by atoms with E-state index in [1.54, 1.807) is 13.4 Å². The van der Waals surface area contributed by atoms with Gasteiger partial charge in [-0.1, -0.05) is 0 Å². The number of furan rings is 1. The van der Waals surface area contributed by atoms with Crippen molar-refractivity contribution < 1.29 is 9.15 Å². The predicted octanol–water partition coefficient (Wildman–Crippen LogP) is 2.25. The third-order valence-corrected chi connectivity index (χ3v) is 2.57. The summed E-state index contributed by atoms with van der Waals surface area (Å²) < 4.78 is 10.8. The van der Waals surface area contributed by atoms with Gasteiger partial charge in [0.05, 0.1) is 18.8 Å². The van der Waals surface area contributed by atoms with Crippen molar-refractivity contribution >= 4 is 11.0 Å². The Morgan fingerprint density at radius 3 is 2.93 bits per heavy atom. The van der Waals surface area contributed by atoms with E-state index in [9.17, 15) is 0 Å². The van der Waals surface area contributed by atoms with Crippen LogP contribution in [-0.4, -0.2) is 13.7 Å². The van der Waals surface area contributed by atoms with Gasteiger partial charge in [-0.25, -0.2) is 0 Å². The van der Waals surface area contributed by atoms with Gasteiger partial charge in [-0.2, -0.15) is 0 Å². The summed E-state index contributed by atoms with van der Waals surface area (Å²) in [5.41, 5.74) is 8.73. The molecule has 1 aromatic heterocycles. The molecule has 0 amide bonds. The maximum atomic E-state index is 5.57. The normalized spacial score (nSPS) is 10.9. The summed E-state index contributed by atoms with van der Waals surface area (Å²) in [6, 6.07) is 4.01. The zero-order chi connectivity index (χ0) is 10.8. The van der Waals surface area contributed by atoms with Gasteiger partial charge in [-0.15, -0.1) is 0 Å². The van der Waals surface area contributed by atoms with Crippen LogP contribution in [0.2, 0.25) is 0 Å². The number of hydrogen-bond donors (Lipinski definition) is 1. The molecule has 0 radical (unpaired) electrons. The zero-order valence-electron chi connectivity index (χ0n) is 9.04. The highest BCUT2D eigenvalue weighted by Gasteiger charge is 2.12. The number of aryl methyl sites for hydroxylation is 1. The molecule has 0 aliphatic rings. The summed E-state index contributed by atoms with van der Waals surface area (Å²) in [4.78, 5) is 0. The van der Waals surface area contributed by atoms with Gasteiger partial charge in [-0.05, 0) is 43.1 Å². The van der Waals surface area contributed by atoms with E-state index >= 15 is 0 Å². The molecule has 3 heteroatoms. The monoisotopic (exact) mass is 205 g/mol. The molecule has 0 aliphatic heterocycles. The van der Waals surface area contributed by atoms with E-state index in [2.05, 4.69) is 6.07 Å². The fourth-order valence-electron chi connectivity index (χ4n) is 1.95. The van der Waals surface area contributed by atoms with Crippen LogP contribution in [0.1, 0.15) is 11.1 Å². The molecule has 0 spiro atoms. The minimum absolute atomic E-state index is 0.627. The number of ether oxygens (including phenoxy) is 1. The molecule has 0 atom stereocenters. The Kier molecular flexibility index (Phi) is 2.64.